The molecule has 3 nitrogen and oxygen atoms in total. The van der Waals surface area contributed by atoms with E-state index in [1.807, 2.05) is 30.9 Å². The molecular weight excluding hydrogens is 318 g/mol. The van der Waals surface area contributed by atoms with Gasteiger partial charge in [-0.2, -0.15) is 0 Å². The Kier molecular flexibility index (Phi) is 5.46. The zero-order chi connectivity index (χ0) is 14.5. The topological polar surface area (TPSA) is 29.5 Å². The highest BCUT2D eigenvalue weighted by Crippen LogP contribution is 2.27. The predicted octanol–water partition coefficient (Wildman–Crippen LogP) is 3.85. The van der Waals surface area contributed by atoms with Gasteiger partial charge in [-0.3, -0.25) is 4.79 Å². The van der Waals surface area contributed by atoms with Crippen LogP contribution < -0.4 is 4.74 Å². The molecule has 1 aliphatic heterocycles. The molecule has 0 aromatic heterocycles. The van der Waals surface area contributed by atoms with E-state index < -0.39 is 0 Å². The van der Waals surface area contributed by atoms with Crippen molar-refractivity contribution >= 4 is 21.8 Å². The Labute approximate surface area is 129 Å². The number of benzene rings is 1. The van der Waals surface area contributed by atoms with E-state index in [9.17, 15) is 4.79 Å². The fourth-order valence-corrected chi connectivity index (χ4v) is 3.36. The Bertz CT molecular complexity index is 456. The number of hydrogen-bond acceptors (Lipinski definition) is 2. The molecule has 0 saturated carbocycles. The zero-order valence-electron chi connectivity index (χ0n) is 12.2. The lowest BCUT2D eigenvalue weighted by molar-refractivity contribution is -0.133. The summed E-state index contributed by atoms with van der Waals surface area (Å²) in [6.07, 6.45) is 4.69. The molecule has 0 spiro atoms. The van der Waals surface area contributed by atoms with Gasteiger partial charge in [-0.05, 0) is 49.9 Å². The quantitative estimate of drug-likeness (QED) is 0.837. The van der Waals surface area contributed by atoms with Crippen LogP contribution >= 0.6 is 15.9 Å². The van der Waals surface area contributed by atoms with Gasteiger partial charge >= 0.3 is 0 Å². The molecule has 1 heterocycles. The Morgan fingerprint density at radius 2 is 1.70 bits per heavy atom. The fraction of sp³-hybridized carbons (Fsp3) is 0.562. The first-order valence-corrected chi connectivity index (χ1v) is 8.04. The summed E-state index contributed by atoms with van der Waals surface area (Å²) < 4.78 is 6.81. The number of carbonyl (C=O) groups excluding carboxylic acids is 1. The summed E-state index contributed by atoms with van der Waals surface area (Å²) in [4.78, 5) is 14.1. The van der Waals surface area contributed by atoms with E-state index in [4.69, 9.17) is 4.74 Å². The molecule has 0 atom stereocenters. The van der Waals surface area contributed by atoms with E-state index in [1.165, 1.54) is 12.8 Å². The summed E-state index contributed by atoms with van der Waals surface area (Å²) in [7, 11) is 0. The first-order valence-electron chi connectivity index (χ1n) is 7.25. The van der Waals surface area contributed by atoms with E-state index in [0.717, 1.165) is 47.3 Å². The van der Waals surface area contributed by atoms with Crippen LogP contribution in [0, 0.1) is 13.8 Å². The Morgan fingerprint density at radius 3 is 2.25 bits per heavy atom. The Morgan fingerprint density at radius 1 is 1.15 bits per heavy atom. The third-order valence-corrected chi connectivity index (χ3v) is 4.18. The van der Waals surface area contributed by atoms with Crippen molar-refractivity contribution in [2.75, 3.05) is 19.7 Å². The molecule has 1 amide bonds. The molecule has 0 unspecified atom stereocenters. The smallest absolute Gasteiger partial charge is 0.260 e. The van der Waals surface area contributed by atoms with Gasteiger partial charge in [-0.1, -0.05) is 28.8 Å². The third-order valence-electron chi connectivity index (χ3n) is 3.72. The first kappa shape index (κ1) is 15.4. The summed E-state index contributed by atoms with van der Waals surface area (Å²) >= 11 is 3.47. The predicted molar refractivity (Wildman–Crippen MR) is 84.2 cm³/mol. The maximum Gasteiger partial charge on any atom is 0.260 e. The highest BCUT2D eigenvalue weighted by atomic mass is 79.9. The second-order valence-electron chi connectivity index (χ2n) is 5.45. The molecule has 1 saturated heterocycles. The minimum atomic E-state index is 0.105. The van der Waals surface area contributed by atoms with Crippen molar-refractivity contribution in [1.82, 2.24) is 4.90 Å². The van der Waals surface area contributed by atoms with Gasteiger partial charge in [0.15, 0.2) is 6.61 Å². The maximum absolute atomic E-state index is 12.2. The molecule has 0 radical (unpaired) electrons. The second kappa shape index (κ2) is 7.11. The molecule has 4 heteroatoms. The minimum Gasteiger partial charge on any atom is -0.483 e. The van der Waals surface area contributed by atoms with Crippen LogP contribution in [0.5, 0.6) is 5.75 Å². The van der Waals surface area contributed by atoms with Gasteiger partial charge in [-0.15, -0.1) is 0 Å². The van der Waals surface area contributed by atoms with Crippen molar-refractivity contribution in [1.29, 1.82) is 0 Å². The fourth-order valence-electron chi connectivity index (χ4n) is 2.67. The Balaban J connectivity index is 1.96. The van der Waals surface area contributed by atoms with E-state index >= 15 is 0 Å². The number of ether oxygens (including phenoxy) is 1. The van der Waals surface area contributed by atoms with Crippen molar-refractivity contribution < 1.29 is 9.53 Å². The van der Waals surface area contributed by atoms with Crippen molar-refractivity contribution in [2.45, 2.75) is 39.5 Å². The summed E-state index contributed by atoms with van der Waals surface area (Å²) in [5.41, 5.74) is 2.11. The monoisotopic (exact) mass is 339 g/mol. The second-order valence-corrected chi connectivity index (χ2v) is 6.37. The average molecular weight is 340 g/mol. The number of nitrogens with zero attached hydrogens (tertiary/aromatic N) is 1. The highest BCUT2D eigenvalue weighted by Gasteiger charge is 2.16. The lowest BCUT2D eigenvalue weighted by Gasteiger charge is -2.21. The van der Waals surface area contributed by atoms with Gasteiger partial charge in [0.25, 0.3) is 5.91 Å². The van der Waals surface area contributed by atoms with E-state index in [1.54, 1.807) is 0 Å². The van der Waals surface area contributed by atoms with E-state index in [0.29, 0.717) is 0 Å². The number of aryl methyl sites for hydroxylation is 2. The number of carbonyl (C=O) groups is 1. The third kappa shape index (κ3) is 3.98. The maximum atomic E-state index is 12.2. The van der Waals surface area contributed by atoms with Crippen molar-refractivity contribution in [2.24, 2.45) is 0 Å². The van der Waals surface area contributed by atoms with E-state index in [2.05, 4.69) is 15.9 Å². The zero-order valence-corrected chi connectivity index (χ0v) is 13.8. The van der Waals surface area contributed by atoms with Crippen LogP contribution in [0.4, 0.5) is 0 Å². The van der Waals surface area contributed by atoms with Crippen LogP contribution in [0.3, 0.4) is 0 Å². The number of amides is 1. The van der Waals surface area contributed by atoms with Crippen LogP contribution in [-0.2, 0) is 4.79 Å². The van der Waals surface area contributed by atoms with Crippen LogP contribution in [0.25, 0.3) is 0 Å². The van der Waals surface area contributed by atoms with Crippen LogP contribution in [0.1, 0.15) is 36.8 Å². The minimum absolute atomic E-state index is 0.105. The molecular formula is C16H22BrNO2. The molecule has 110 valence electrons. The molecule has 0 N–H and O–H groups in total. The average Bonchev–Trinajstić information content (AvgIpc) is 2.66. The Hall–Kier alpha value is -1.03. The first-order chi connectivity index (χ1) is 9.58. The van der Waals surface area contributed by atoms with Crippen LogP contribution in [0.2, 0.25) is 0 Å². The van der Waals surface area contributed by atoms with Crippen molar-refractivity contribution in [3.63, 3.8) is 0 Å². The summed E-state index contributed by atoms with van der Waals surface area (Å²) in [5, 5.41) is 0. The standard InChI is InChI=1S/C16H22BrNO2/c1-12-9-14(17)10-13(2)16(12)20-11-15(19)18-7-5-3-4-6-8-18/h9-10H,3-8,11H2,1-2H3. The van der Waals surface area contributed by atoms with Gasteiger partial charge in [0.1, 0.15) is 5.75 Å². The normalized spacial score (nSPS) is 15.8. The van der Waals surface area contributed by atoms with Gasteiger partial charge in [-0.25, -0.2) is 0 Å². The number of likely N-dealkylation sites (tertiary alicyclic amines) is 1. The van der Waals surface area contributed by atoms with Crippen molar-refractivity contribution in [3.05, 3.63) is 27.7 Å². The largest absolute Gasteiger partial charge is 0.483 e. The molecule has 2 rings (SSSR count). The molecule has 0 aliphatic carbocycles. The number of rotatable bonds is 3. The molecule has 1 aromatic carbocycles. The summed E-state index contributed by atoms with van der Waals surface area (Å²) in [5.74, 6) is 0.935. The van der Waals surface area contributed by atoms with Gasteiger partial charge in [0, 0.05) is 17.6 Å². The molecule has 1 aromatic rings. The van der Waals surface area contributed by atoms with Gasteiger partial charge in [0.2, 0.25) is 0 Å². The highest BCUT2D eigenvalue weighted by molar-refractivity contribution is 9.10. The number of halogens is 1. The molecule has 1 aliphatic rings. The lowest BCUT2D eigenvalue weighted by atomic mass is 10.1. The number of hydrogen-bond donors (Lipinski definition) is 0. The summed E-state index contributed by atoms with van der Waals surface area (Å²) in [6.45, 7) is 5.90. The lowest BCUT2D eigenvalue weighted by Crippen LogP contribution is -2.35. The van der Waals surface area contributed by atoms with Gasteiger partial charge < -0.3 is 9.64 Å². The molecule has 20 heavy (non-hydrogen) atoms. The van der Waals surface area contributed by atoms with E-state index in [-0.39, 0.29) is 12.5 Å². The SMILES string of the molecule is Cc1cc(Br)cc(C)c1OCC(=O)N1CCCCCC1. The molecule has 0 bridgehead atoms. The van der Waals surface area contributed by atoms with Crippen LogP contribution in [0.15, 0.2) is 16.6 Å². The van der Waals surface area contributed by atoms with Crippen LogP contribution in [-0.4, -0.2) is 30.5 Å². The summed E-state index contributed by atoms with van der Waals surface area (Å²) in [6, 6.07) is 4.03. The van der Waals surface area contributed by atoms with Gasteiger partial charge in [0.05, 0.1) is 0 Å². The molecule has 1 fully saturated rings. The van der Waals surface area contributed by atoms with Crippen molar-refractivity contribution in [3.8, 4) is 5.75 Å².